The van der Waals surface area contributed by atoms with E-state index in [1.165, 1.54) is 0 Å². The fraction of sp³-hybridized carbons (Fsp3) is 0.538. The number of hydrogen-bond donors (Lipinski definition) is 2. The Morgan fingerprint density at radius 1 is 1.41 bits per heavy atom. The summed E-state index contributed by atoms with van der Waals surface area (Å²) in [5.41, 5.74) is 7.85. The number of anilines is 2. The second kappa shape index (κ2) is 5.27. The Kier molecular flexibility index (Phi) is 3.74. The number of methoxy groups -OCH3 is 1. The number of aliphatic hydroxyl groups is 1. The molecule has 0 atom stereocenters. The van der Waals surface area contributed by atoms with Crippen LogP contribution in [0.5, 0.6) is 5.75 Å². The summed E-state index contributed by atoms with van der Waals surface area (Å²) in [6.07, 6.45) is 2.06. The van der Waals surface area contributed by atoms with Gasteiger partial charge < -0.3 is 20.5 Å². The van der Waals surface area contributed by atoms with E-state index < -0.39 is 0 Å². The first-order valence-electron chi connectivity index (χ1n) is 6.04. The molecule has 1 heterocycles. The van der Waals surface area contributed by atoms with Gasteiger partial charge in [-0.25, -0.2) is 0 Å². The van der Waals surface area contributed by atoms with Gasteiger partial charge in [-0.05, 0) is 30.9 Å². The fourth-order valence-corrected chi connectivity index (χ4v) is 2.30. The summed E-state index contributed by atoms with van der Waals surface area (Å²) in [5, 5.41) is 9.11. The topological polar surface area (TPSA) is 58.7 Å². The van der Waals surface area contributed by atoms with Crippen molar-refractivity contribution in [3.8, 4) is 5.75 Å². The van der Waals surface area contributed by atoms with Crippen LogP contribution in [0.3, 0.4) is 0 Å². The molecule has 1 aliphatic rings. The Bertz CT molecular complexity index is 374. The molecule has 1 fully saturated rings. The number of aliphatic hydroxyl groups excluding tert-OH is 1. The zero-order valence-electron chi connectivity index (χ0n) is 10.2. The Hall–Kier alpha value is -1.42. The second-order valence-corrected chi connectivity index (χ2v) is 4.54. The fourth-order valence-electron chi connectivity index (χ4n) is 2.30. The summed E-state index contributed by atoms with van der Waals surface area (Å²) in [6.45, 7) is 2.22. The van der Waals surface area contributed by atoms with Gasteiger partial charge in [0.15, 0.2) is 0 Å². The molecule has 1 saturated heterocycles. The minimum Gasteiger partial charge on any atom is -0.497 e. The molecule has 4 heteroatoms. The van der Waals surface area contributed by atoms with Crippen molar-refractivity contribution in [3.63, 3.8) is 0 Å². The molecule has 1 aromatic rings. The summed E-state index contributed by atoms with van der Waals surface area (Å²) in [4.78, 5) is 2.28. The molecule has 0 bridgehead atoms. The minimum absolute atomic E-state index is 0.298. The van der Waals surface area contributed by atoms with E-state index >= 15 is 0 Å². The van der Waals surface area contributed by atoms with Crippen molar-refractivity contribution in [2.24, 2.45) is 5.92 Å². The van der Waals surface area contributed by atoms with Gasteiger partial charge in [-0.2, -0.15) is 0 Å². The second-order valence-electron chi connectivity index (χ2n) is 4.54. The van der Waals surface area contributed by atoms with Gasteiger partial charge in [0.2, 0.25) is 0 Å². The van der Waals surface area contributed by atoms with E-state index in [1.54, 1.807) is 7.11 Å². The molecular weight excluding hydrogens is 216 g/mol. The summed E-state index contributed by atoms with van der Waals surface area (Å²) < 4.78 is 5.14. The van der Waals surface area contributed by atoms with Crippen molar-refractivity contribution in [2.45, 2.75) is 12.8 Å². The molecule has 0 radical (unpaired) electrons. The Morgan fingerprint density at radius 2 is 2.12 bits per heavy atom. The molecule has 0 aromatic heterocycles. The highest BCUT2D eigenvalue weighted by atomic mass is 16.5. The first kappa shape index (κ1) is 12.0. The lowest BCUT2D eigenvalue weighted by Crippen LogP contribution is -2.35. The van der Waals surface area contributed by atoms with Crippen LogP contribution in [0.1, 0.15) is 12.8 Å². The zero-order chi connectivity index (χ0) is 12.3. The maximum absolute atomic E-state index is 9.11. The van der Waals surface area contributed by atoms with E-state index in [0.717, 1.165) is 43.1 Å². The van der Waals surface area contributed by atoms with Crippen LogP contribution < -0.4 is 15.4 Å². The zero-order valence-corrected chi connectivity index (χ0v) is 10.2. The summed E-state index contributed by atoms with van der Waals surface area (Å²) in [6, 6.07) is 5.80. The number of nitrogens with two attached hydrogens (primary N) is 1. The SMILES string of the molecule is COc1ccc(N2CCC(CO)CC2)c(N)c1. The maximum atomic E-state index is 9.11. The molecule has 94 valence electrons. The lowest BCUT2D eigenvalue weighted by atomic mass is 9.97. The largest absolute Gasteiger partial charge is 0.497 e. The standard InChI is InChI=1S/C13H20N2O2/c1-17-11-2-3-13(12(14)8-11)15-6-4-10(9-16)5-7-15/h2-3,8,10,16H,4-7,9,14H2,1H3. The molecule has 1 aliphatic heterocycles. The Labute approximate surface area is 102 Å². The molecule has 2 rings (SSSR count). The van der Waals surface area contributed by atoms with Crippen LogP contribution in [0.25, 0.3) is 0 Å². The van der Waals surface area contributed by atoms with E-state index in [1.807, 2.05) is 18.2 Å². The van der Waals surface area contributed by atoms with Crippen LogP contribution in [-0.2, 0) is 0 Å². The lowest BCUT2D eigenvalue weighted by molar-refractivity contribution is 0.203. The van der Waals surface area contributed by atoms with E-state index in [-0.39, 0.29) is 0 Å². The third-order valence-corrected chi connectivity index (χ3v) is 3.45. The van der Waals surface area contributed by atoms with E-state index in [9.17, 15) is 0 Å². The van der Waals surface area contributed by atoms with Crippen LogP contribution in [-0.4, -0.2) is 31.9 Å². The molecule has 4 nitrogen and oxygen atoms in total. The lowest BCUT2D eigenvalue weighted by Gasteiger charge is -2.33. The highest BCUT2D eigenvalue weighted by Gasteiger charge is 2.20. The number of hydrogen-bond acceptors (Lipinski definition) is 4. The average molecular weight is 236 g/mol. The van der Waals surface area contributed by atoms with Gasteiger partial charge in [-0.1, -0.05) is 0 Å². The Morgan fingerprint density at radius 3 is 2.65 bits per heavy atom. The average Bonchev–Trinajstić information content (AvgIpc) is 2.39. The summed E-state index contributed by atoms with van der Waals surface area (Å²) in [7, 11) is 1.64. The van der Waals surface area contributed by atoms with Gasteiger partial charge in [-0.15, -0.1) is 0 Å². The summed E-state index contributed by atoms with van der Waals surface area (Å²) in [5.74, 6) is 1.24. The maximum Gasteiger partial charge on any atom is 0.121 e. The van der Waals surface area contributed by atoms with Gasteiger partial charge in [0.25, 0.3) is 0 Å². The first-order valence-corrected chi connectivity index (χ1v) is 6.04. The third-order valence-electron chi connectivity index (χ3n) is 3.45. The minimum atomic E-state index is 0.298. The highest BCUT2D eigenvalue weighted by Crippen LogP contribution is 2.30. The molecular formula is C13H20N2O2. The molecule has 0 saturated carbocycles. The van der Waals surface area contributed by atoms with Gasteiger partial charge in [0, 0.05) is 25.8 Å². The van der Waals surface area contributed by atoms with E-state index in [4.69, 9.17) is 15.6 Å². The van der Waals surface area contributed by atoms with Gasteiger partial charge in [0.1, 0.15) is 5.75 Å². The number of nitrogens with zero attached hydrogens (tertiary/aromatic N) is 1. The smallest absolute Gasteiger partial charge is 0.121 e. The number of piperidine rings is 1. The van der Waals surface area contributed by atoms with Crippen LogP contribution in [0.4, 0.5) is 11.4 Å². The van der Waals surface area contributed by atoms with Gasteiger partial charge in [0.05, 0.1) is 18.5 Å². The first-order chi connectivity index (χ1) is 8.24. The molecule has 0 spiro atoms. The molecule has 17 heavy (non-hydrogen) atoms. The molecule has 0 aliphatic carbocycles. The van der Waals surface area contributed by atoms with E-state index in [0.29, 0.717) is 12.5 Å². The normalized spacial score (nSPS) is 17.2. The molecule has 0 amide bonds. The quantitative estimate of drug-likeness (QED) is 0.781. The van der Waals surface area contributed by atoms with Crippen molar-refractivity contribution < 1.29 is 9.84 Å². The molecule has 3 N–H and O–H groups in total. The van der Waals surface area contributed by atoms with Crippen LogP contribution >= 0.6 is 0 Å². The molecule has 0 unspecified atom stereocenters. The monoisotopic (exact) mass is 236 g/mol. The van der Waals surface area contributed by atoms with Gasteiger partial charge >= 0.3 is 0 Å². The van der Waals surface area contributed by atoms with Crippen LogP contribution in [0, 0.1) is 5.92 Å². The predicted octanol–water partition coefficient (Wildman–Crippen LogP) is 1.49. The van der Waals surface area contributed by atoms with E-state index in [2.05, 4.69) is 4.90 Å². The van der Waals surface area contributed by atoms with Gasteiger partial charge in [-0.3, -0.25) is 0 Å². The number of nitrogen functional groups attached to an aromatic ring is 1. The van der Waals surface area contributed by atoms with Crippen molar-refractivity contribution in [1.29, 1.82) is 0 Å². The summed E-state index contributed by atoms with van der Waals surface area (Å²) >= 11 is 0. The van der Waals surface area contributed by atoms with Crippen molar-refractivity contribution in [2.75, 3.05) is 37.4 Å². The van der Waals surface area contributed by atoms with Crippen molar-refractivity contribution in [3.05, 3.63) is 18.2 Å². The van der Waals surface area contributed by atoms with Crippen LogP contribution in [0.15, 0.2) is 18.2 Å². The highest BCUT2D eigenvalue weighted by molar-refractivity contribution is 5.69. The predicted molar refractivity (Wildman–Crippen MR) is 69.4 cm³/mol. The third kappa shape index (κ3) is 2.64. The van der Waals surface area contributed by atoms with Crippen LogP contribution in [0.2, 0.25) is 0 Å². The number of ether oxygens (including phenoxy) is 1. The Balaban J connectivity index is 2.08. The number of rotatable bonds is 3. The van der Waals surface area contributed by atoms with Crippen molar-refractivity contribution in [1.82, 2.24) is 0 Å². The molecule has 1 aromatic carbocycles. The number of benzene rings is 1. The van der Waals surface area contributed by atoms with Crippen molar-refractivity contribution >= 4 is 11.4 Å².